The van der Waals surface area contributed by atoms with Crippen molar-refractivity contribution in [1.82, 2.24) is 0 Å². The molecule has 0 amide bonds. The molecule has 3 radical (unpaired) electrons. The first kappa shape index (κ1) is 6.34. The second-order valence-electron chi connectivity index (χ2n) is 0.812. The molecule has 0 heterocycles. The van der Waals surface area contributed by atoms with E-state index in [0.29, 0.717) is 0 Å². The summed E-state index contributed by atoms with van der Waals surface area (Å²) < 4.78 is 5.76. The number of hydrogen-bond donors (Lipinski definition) is 0. The predicted molar refractivity (Wildman–Crippen MR) is 26.7 cm³/mol. The molecule has 0 spiro atoms. The Morgan fingerprint density at radius 1 is 1.83 bits per heavy atom. The van der Waals surface area contributed by atoms with Gasteiger partial charge >= 0.3 is 51.1 Å². The molecular weight excluding hydrogens is 183 g/mol. The van der Waals surface area contributed by atoms with Crippen molar-refractivity contribution in [2.75, 3.05) is 7.11 Å². The third kappa shape index (κ3) is 4.34. The summed E-state index contributed by atoms with van der Waals surface area (Å²) in [7, 11) is 1.66. The molecule has 1 nitrogen and oxygen atoms in total. The van der Waals surface area contributed by atoms with Gasteiger partial charge in [0.1, 0.15) is 0 Å². The van der Waals surface area contributed by atoms with Crippen molar-refractivity contribution in [2.24, 2.45) is 0 Å². The third-order valence-corrected chi connectivity index (χ3v) is 1.02. The Bertz CT molecular complexity index is 36.8. The molecule has 0 saturated carbocycles. The summed E-state index contributed by atoms with van der Waals surface area (Å²) in [5, 5.41) is 0. The van der Waals surface area contributed by atoms with Crippen LogP contribution < -0.4 is 0 Å². The fraction of sp³-hybridized carbons (Fsp3) is 0.500. The fourth-order valence-electron chi connectivity index (χ4n) is 0.144. The van der Waals surface area contributed by atoms with Gasteiger partial charge in [0.2, 0.25) is 0 Å². The van der Waals surface area contributed by atoms with Gasteiger partial charge in [-0.3, -0.25) is 0 Å². The Morgan fingerprint density at radius 2 is 2.50 bits per heavy atom. The van der Waals surface area contributed by atoms with Gasteiger partial charge in [0.05, 0.1) is 0 Å². The van der Waals surface area contributed by atoms with Crippen LogP contribution in [-0.2, 0) is 4.74 Å². The quantitative estimate of drug-likeness (QED) is 0.460. The molecule has 0 aromatic heterocycles. The van der Waals surface area contributed by atoms with Crippen molar-refractivity contribution < 1.29 is 4.74 Å². The van der Waals surface area contributed by atoms with E-state index >= 15 is 0 Å². The van der Waals surface area contributed by atoms with E-state index in [-0.39, 0.29) is 0 Å². The van der Waals surface area contributed by atoms with Gasteiger partial charge in [-0.25, -0.2) is 0 Å². The molecule has 2 heteroatoms. The molecule has 6 heavy (non-hydrogen) atoms. The van der Waals surface area contributed by atoms with Crippen molar-refractivity contribution in [3.63, 3.8) is 0 Å². The second-order valence-corrected chi connectivity index (χ2v) is 1.98. The number of ether oxygens (including phenoxy) is 1. The molecule has 0 atom stereocenters. The van der Waals surface area contributed by atoms with Crippen LogP contribution in [0.3, 0.4) is 0 Å². The summed E-state index contributed by atoms with van der Waals surface area (Å²) in [5.41, 5.74) is 0. The molecule has 0 saturated heterocycles. The van der Waals surface area contributed by atoms with Crippen LogP contribution in [0.4, 0.5) is 0 Å². The van der Waals surface area contributed by atoms with Crippen LogP contribution in [0.15, 0.2) is 12.3 Å². The zero-order valence-electron chi connectivity index (χ0n) is 3.77. The van der Waals surface area contributed by atoms with Gasteiger partial charge < -0.3 is 0 Å². The summed E-state index contributed by atoms with van der Waals surface area (Å²) in [5.74, 6) is 0. The van der Waals surface area contributed by atoms with E-state index in [1.165, 1.54) is 22.5 Å². The summed E-state index contributed by atoms with van der Waals surface area (Å²) >= 11 is 1.53. The third-order valence-electron chi connectivity index (χ3n) is 0.350. The first-order chi connectivity index (χ1) is 2.91. The molecule has 33 valence electrons. The molecule has 0 N–H and O–H groups in total. The van der Waals surface area contributed by atoms with Crippen LogP contribution >= 0.6 is 0 Å². The Kier molecular flexibility index (Phi) is 5.64. The Morgan fingerprint density at radius 3 is 2.67 bits per heavy atom. The SMILES string of the molecule is COC=C[CH2][Sn]. The van der Waals surface area contributed by atoms with Crippen molar-refractivity contribution in [1.29, 1.82) is 0 Å². The number of rotatable bonds is 2. The normalized spacial score (nSPS) is 9.67. The van der Waals surface area contributed by atoms with Crippen LogP contribution in [0, 0.1) is 0 Å². The van der Waals surface area contributed by atoms with Gasteiger partial charge in [0.15, 0.2) is 0 Å². The van der Waals surface area contributed by atoms with Gasteiger partial charge in [0.25, 0.3) is 0 Å². The molecular formula is C4H7OSn. The van der Waals surface area contributed by atoms with Crippen LogP contribution in [0.2, 0.25) is 4.44 Å². The minimum absolute atomic E-state index is 1.14. The van der Waals surface area contributed by atoms with Crippen LogP contribution in [0.25, 0.3) is 0 Å². The molecule has 0 aliphatic carbocycles. The van der Waals surface area contributed by atoms with Gasteiger partial charge in [-0.1, -0.05) is 0 Å². The van der Waals surface area contributed by atoms with Crippen molar-refractivity contribution in [3.05, 3.63) is 12.3 Å². The molecule has 0 aliphatic heterocycles. The van der Waals surface area contributed by atoms with Crippen molar-refractivity contribution >= 4 is 22.5 Å². The minimum atomic E-state index is 1.14. The first-order valence-electron chi connectivity index (χ1n) is 1.74. The predicted octanol–water partition coefficient (Wildman–Crippen LogP) is 0.733. The maximum atomic E-state index is 4.62. The van der Waals surface area contributed by atoms with E-state index in [9.17, 15) is 0 Å². The van der Waals surface area contributed by atoms with E-state index in [1.807, 2.05) is 6.08 Å². The Hall–Kier alpha value is 0.339. The average Bonchev–Trinajstić information content (AvgIpc) is 1.61. The number of allylic oxidation sites excluding steroid dienone is 1. The topological polar surface area (TPSA) is 9.23 Å². The molecule has 0 aromatic rings. The van der Waals surface area contributed by atoms with Crippen LogP contribution in [0.1, 0.15) is 0 Å². The summed E-state index contributed by atoms with van der Waals surface area (Å²) in [6, 6.07) is 0. The molecule has 0 unspecified atom stereocenters. The van der Waals surface area contributed by atoms with E-state index < -0.39 is 0 Å². The van der Waals surface area contributed by atoms with E-state index in [2.05, 4.69) is 4.74 Å². The van der Waals surface area contributed by atoms with E-state index in [1.54, 1.807) is 13.4 Å². The first-order valence-corrected chi connectivity index (χ1v) is 3.76. The molecule has 0 bridgehead atoms. The molecule has 0 fully saturated rings. The summed E-state index contributed by atoms with van der Waals surface area (Å²) in [4.78, 5) is 0. The van der Waals surface area contributed by atoms with Gasteiger partial charge in [-0.05, 0) is 0 Å². The molecule has 0 aromatic carbocycles. The summed E-state index contributed by atoms with van der Waals surface area (Å²) in [6.07, 6.45) is 3.70. The zero-order chi connectivity index (χ0) is 4.83. The van der Waals surface area contributed by atoms with Gasteiger partial charge in [-0.2, -0.15) is 0 Å². The Balaban J connectivity index is 2.73. The van der Waals surface area contributed by atoms with Gasteiger partial charge in [-0.15, -0.1) is 0 Å². The Labute approximate surface area is 51.5 Å². The molecule has 0 rings (SSSR count). The monoisotopic (exact) mass is 191 g/mol. The van der Waals surface area contributed by atoms with Gasteiger partial charge in [0, 0.05) is 0 Å². The number of methoxy groups -OCH3 is 1. The zero-order valence-corrected chi connectivity index (χ0v) is 6.62. The summed E-state index contributed by atoms with van der Waals surface area (Å²) in [6.45, 7) is 0. The number of hydrogen-bond acceptors (Lipinski definition) is 1. The standard InChI is InChI=1S/C4H7O.Sn/c1-3-4-5-2;/h3-4H,1H2,2H3;. The second kappa shape index (κ2) is 5.34. The molecule has 0 aliphatic rings. The van der Waals surface area contributed by atoms with Crippen molar-refractivity contribution in [3.8, 4) is 0 Å². The van der Waals surface area contributed by atoms with Crippen LogP contribution in [0.5, 0.6) is 0 Å². The van der Waals surface area contributed by atoms with Crippen molar-refractivity contribution in [2.45, 2.75) is 4.44 Å². The fourth-order valence-corrected chi connectivity index (χ4v) is 0.419. The van der Waals surface area contributed by atoms with Crippen LogP contribution in [-0.4, -0.2) is 29.6 Å². The van der Waals surface area contributed by atoms with E-state index in [0.717, 1.165) is 4.44 Å². The average molecular weight is 190 g/mol. The maximum absolute atomic E-state index is 4.62. The van der Waals surface area contributed by atoms with E-state index in [4.69, 9.17) is 0 Å².